The Kier molecular flexibility index (Phi) is 7.03. The zero-order valence-corrected chi connectivity index (χ0v) is 17.1. The number of hydrogen-bond donors (Lipinski definition) is 3. The van der Waals surface area contributed by atoms with Gasteiger partial charge in [0.1, 0.15) is 17.2 Å². The lowest BCUT2D eigenvalue weighted by molar-refractivity contribution is -0.124. The number of amides is 2. The van der Waals surface area contributed by atoms with Gasteiger partial charge < -0.3 is 14.8 Å². The van der Waals surface area contributed by atoms with Gasteiger partial charge in [-0.1, -0.05) is 23.8 Å². The van der Waals surface area contributed by atoms with Crippen molar-refractivity contribution in [2.45, 2.75) is 6.92 Å². The molecule has 0 saturated heterocycles. The number of para-hydroxylation sites is 1. The fourth-order valence-corrected chi connectivity index (χ4v) is 2.84. The summed E-state index contributed by atoms with van der Waals surface area (Å²) in [6.45, 7) is 1.90. The maximum atomic E-state index is 13.0. The van der Waals surface area contributed by atoms with Gasteiger partial charge >= 0.3 is 0 Å². The van der Waals surface area contributed by atoms with E-state index >= 15 is 0 Å². The predicted molar refractivity (Wildman–Crippen MR) is 118 cm³/mol. The third-order valence-corrected chi connectivity index (χ3v) is 4.40. The Balaban J connectivity index is 1.84. The molecule has 0 fully saturated rings. The largest absolute Gasteiger partial charge is 0.497 e. The van der Waals surface area contributed by atoms with Gasteiger partial charge in [-0.3, -0.25) is 14.8 Å². The minimum Gasteiger partial charge on any atom is -0.497 e. The lowest BCUT2D eigenvalue weighted by atomic mass is 10.1. The molecule has 0 unspecified atom stereocenters. The van der Waals surface area contributed by atoms with Gasteiger partial charge in [0.25, 0.3) is 11.8 Å². The molecule has 0 aromatic heterocycles. The van der Waals surface area contributed by atoms with E-state index in [1.54, 1.807) is 61.7 Å². The Bertz CT molecular complexity index is 1110. The first-order valence-electron chi connectivity index (χ1n) is 9.45. The van der Waals surface area contributed by atoms with E-state index in [0.717, 1.165) is 5.56 Å². The Morgan fingerprint density at radius 1 is 0.968 bits per heavy atom. The zero-order chi connectivity index (χ0) is 22.2. The number of methoxy groups -OCH3 is 1. The van der Waals surface area contributed by atoms with Gasteiger partial charge in [0.05, 0.1) is 12.7 Å². The fraction of sp³-hybridized carbons (Fsp3) is 0.0833. The number of hydrogen-bond acceptors (Lipinski definition) is 5. The Labute approximate surface area is 179 Å². The third-order valence-electron chi connectivity index (χ3n) is 4.40. The molecule has 7 heteroatoms. The molecule has 0 aliphatic heterocycles. The number of carbonyl (C=O) groups excluding carboxylic acids is 2. The molecule has 158 valence electrons. The monoisotopic (exact) mass is 418 g/mol. The summed E-state index contributed by atoms with van der Waals surface area (Å²) in [6, 6.07) is 19.4. The van der Waals surface area contributed by atoms with E-state index in [0.29, 0.717) is 34.1 Å². The van der Waals surface area contributed by atoms with E-state index in [1.165, 1.54) is 17.6 Å². The molecule has 0 aliphatic rings. The van der Waals surface area contributed by atoms with E-state index < -0.39 is 5.91 Å². The minimum absolute atomic E-state index is 0.349. The molecule has 2 amide bonds. The number of ether oxygens (including phenoxy) is 2. The second-order valence-electron chi connectivity index (χ2n) is 6.63. The first-order chi connectivity index (χ1) is 15.0. The summed E-state index contributed by atoms with van der Waals surface area (Å²) < 4.78 is 11.0. The lowest BCUT2D eigenvalue weighted by Gasteiger charge is -2.13. The number of hydroxylamine groups is 1. The van der Waals surface area contributed by atoms with Crippen molar-refractivity contribution >= 4 is 23.6 Å². The summed E-state index contributed by atoms with van der Waals surface area (Å²) in [5, 5.41) is 11.5. The van der Waals surface area contributed by atoms with Crippen LogP contribution in [-0.4, -0.2) is 24.1 Å². The van der Waals surface area contributed by atoms with Crippen LogP contribution in [0.1, 0.15) is 21.5 Å². The van der Waals surface area contributed by atoms with Crippen LogP contribution in [0, 0.1) is 6.92 Å². The highest BCUT2D eigenvalue weighted by Gasteiger charge is 2.14. The summed E-state index contributed by atoms with van der Waals surface area (Å²) in [5.74, 6) is 0.628. The molecule has 0 heterocycles. The Hall–Kier alpha value is -4.10. The molecular formula is C24H22N2O5. The molecule has 3 N–H and O–H groups in total. The van der Waals surface area contributed by atoms with Crippen LogP contribution in [0.3, 0.4) is 0 Å². The maximum Gasteiger partial charge on any atom is 0.267 e. The standard InChI is InChI=1S/C24H22N2O5/c1-16-7-13-21(17(15-16)8-14-23(27)26-29)25-24(28)20-5-3-4-6-22(20)31-19-11-9-18(30-2)10-12-19/h3-15,29H,1-2H3,(H,25,28)(H,26,27)/b14-8+. The van der Waals surface area contributed by atoms with Crippen LogP contribution in [0.5, 0.6) is 17.2 Å². The van der Waals surface area contributed by atoms with Crippen LogP contribution in [0.25, 0.3) is 6.08 Å². The van der Waals surface area contributed by atoms with Crippen molar-refractivity contribution in [2.24, 2.45) is 0 Å². The molecule has 3 aromatic carbocycles. The van der Waals surface area contributed by atoms with Crippen molar-refractivity contribution in [3.63, 3.8) is 0 Å². The van der Waals surface area contributed by atoms with E-state index in [2.05, 4.69) is 5.32 Å². The number of benzene rings is 3. The van der Waals surface area contributed by atoms with Gasteiger partial charge in [-0.2, -0.15) is 0 Å². The summed E-state index contributed by atoms with van der Waals surface area (Å²) >= 11 is 0. The number of rotatable bonds is 7. The first-order valence-corrected chi connectivity index (χ1v) is 9.45. The first kappa shape index (κ1) is 21.6. The summed E-state index contributed by atoms with van der Waals surface area (Å²) in [5.41, 5.74) is 3.96. The SMILES string of the molecule is COc1ccc(Oc2ccccc2C(=O)Nc2ccc(C)cc2/C=C/C(=O)NO)cc1. The molecule has 31 heavy (non-hydrogen) atoms. The van der Waals surface area contributed by atoms with Gasteiger partial charge in [-0.25, -0.2) is 5.48 Å². The molecule has 0 saturated carbocycles. The average molecular weight is 418 g/mol. The van der Waals surface area contributed by atoms with Gasteiger partial charge in [0.2, 0.25) is 0 Å². The van der Waals surface area contributed by atoms with Crippen LogP contribution in [0.15, 0.2) is 72.8 Å². The van der Waals surface area contributed by atoms with E-state index in [4.69, 9.17) is 14.7 Å². The lowest BCUT2D eigenvalue weighted by Crippen LogP contribution is -2.15. The molecule has 0 bridgehead atoms. The second kappa shape index (κ2) is 10.1. The quantitative estimate of drug-likeness (QED) is 0.297. The molecule has 3 aromatic rings. The van der Waals surface area contributed by atoms with Crippen LogP contribution in [0.4, 0.5) is 5.69 Å². The Morgan fingerprint density at radius 2 is 1.68 bits per heavy atom. The van der Waals surface area contributed by atoms with Gasteiger partial charge in [-0.15, -0.1) is 0 Å². The van der Waals surface area contributed by atoms with Crippen LogP contribution in [-0.2, 0) is 4.79 Å². The summed E-state index contributed by atoms with van der Waals surface area (Å²) in [6.07, 6.45) is 2.68. The normalized spacial score (nSPS) is 10.5. The second-order valence-corrected chi connectivity index (χ2v) is 6.63. The molecule has 3 rings (SSSR count). The molecule has 0 radical (unpaired) electrons. The van der Waals surface area contributed by atoms with E-state index in [9.17, 15) is 9.59 Å². The molecule has 7 nitrogen and oxygen atoms in total. The fourth-order valence-electron chi connectivity index (χ4n) is 2.84. The van der Waals surface area contributed by atoms with Crippen LogP contribution in [0.2, 0.25) is 0 Å². The van der Waals surface area contributed by atoms with Crippen molar-refractivity contribution in [3.05, 3.63) is 89.5 Å². The van der Waals surface area contributed by atoms with Gasteiger partial charge in [0.15, 0.2) is 0 Å². The Morgan fingerprint density at radius 3 is 2.39 bits per heavy atom. The highest BCUT2D eigenvalue weighted by atomic mass is 16.5. The number of aryl methyl sites for hydroxylation is 1. The number of nitrogens with one attached hydrogen (secondary N) is 2. The molecule has 0 atom stereocenters. The van der Waals surface area contributed by atoms with Crippen molar-refractivity contribution in [1.82, 2.24) is 5.48 Å². The number of anilines is 1. The maximum absolute atomic E-state index is 13.0. The van der Waals surface area contributed by atoms with Crippen LogP contribution >= 0.6 is 0 Å². The highest BCUT2D eigenvalue weighted by Crippen LogP contribution is 2.28. The number of carbonyl (C=O) groups is 2. The van der Waals surface area contributed by atoms with Crippen molar-refractivity contribution in [2.75, 3.05) is 12.4 Å². The molecular weight excluding hydrogens is 396 g/mol. The predicted octanol–water partition coefficient (Wildman–Crippen LogP) is 4.57. The highest BCUT2D eigenvalue weighted by molar-refractivity contribution is 6.07. The van der Waals surface area contributed by atoms with E-state index in [-0.39, 0.29) is 5.91 Å². The minimum atomic E-state index is -0.669. The van der Waals surface area contributed by atoms with Crippen molar-refractivity contribution < 1.29 is 24.3 Å². The third kappa shape index (κ3) is 5.71. The van der Waals surface area contributed by atoms with Gasteiger partial charge in [0, 0.05) is 11.8 Å². The molecule has 0 aliphatic carbocycles. The van der Waals surface area contributed by atoms with Crippen LogP contribution < -0.4 is 20.3 Å². The van der Waals surface area contributed by atoms with E-state index in [1.807, 2.05) is 19.1 Å². The summed E-state index contributed by atoms with van der Waals surface area (Å²) in [4.78, 5) is 24.3. The zero-order valence-electron chi connectivity index (χ0n) is 17.1. The smallest absolute Gasteiger partial charge is 0.267 e. The van der Waals surface area contributed by atoms with Crippen molar-refractivity contribution in [3.8, 4) is 17.2 Å². The topological polar surface area (TPSA) is 96.9 Å². The summed E-state index contributed by atoms with van der Waals surface area (Å²) in [7, 11) is 1.58. The van der Waals surface area contributed by atoms with Crippen molar-refractivity contribution in [1.29, 1.82) is 0 Å². The van der Waals surface area contributed by atoms with Gasteiger partial charge in [-0.05, 0) is 67.1 Å². The average Bonchev–Trinajstić information content (AvgIpc) is 2.79. The molecule has 0 spiro atoms.